The molecule has 2 unspecified atom stereocenters. The Balaban J connectivity index is 1.87. The van der Waals surface area contributed by atoms with Gasteiger partial charge in [-0.3, -0.25) is 4.79 Å². The maximum absolute atomic E-state index is 12.4. The normalized spacial score (nSPS) is 30.2. The van der Waals surface area contributed by atoms with E-state index >= 15 is 0 Å². The van der Waals surface area contributed by atoms with Crippen molar-refractivity contribution in [3.63, 3.8) is 0 Å². The van der Waals surface area contributed by atoms with Crippen LogP contribution in [0.3, 0.4) is 0 Å². The number of carbonyl (C=O) groups excluding carboxylic acids is 1. The van der Waals surface area contributed by atoms with Crippen LogP contribution in [0.5, 0.6) is 0 Å². The fraction of sp³-hybridized carbons (Fsp3) is 0.929. The highest BCUT2D eigenvalue weighted by molar-refractivity contribution is 5.80. The second kappa shape index (κ2) is 6.68. The molecule has 0 aromatic heterocycles. The van der Waals surface area contributed by atoms with E-state index in [9.17, 15) is 4.79 Å². The molecule has 19 heavy (non-hydrogen) atoms. The summed E-state index contributed by atoms with van der Waals surface area (Å²) in [5.74, 6) is 0.0572. The van der Waals surface area contributed by atoms with E-state index in [0.717, 1.165) is 39.0 Å². The lowest BCUT2D eigenvalue weighted by atomic mass is 9.91. The maximum Gasteiger partial charge on any atom is 0.227 e. The van der Waals surface area contributed by atoms with E-state index in [0.29, 0.717) is 13.2 Å². The molecular formula is C14H26N2O3. The van der Waals surface area contributed by atoms with E-state index in [1.54, 1.807) is 0 Å². The zero-order chi connectivity index (χ0) is 13.7. The maximum atomic E-state index is 12.4. The van der Waals surface area contributed by atoms with E-state index in [2.05, 4.69) is 24.5 Å². The Bertz CT molecular complexity index is 303. The van der Waals surface area contributed by atoms with Gasteiger partial charge >= 0.3 is 0 Å². The van der Waals surface area contributed by atoms with Crippen LogP contribution in [-0.2, 0) is 14.3 Å². The zero-order valence-electron chi connectivity index (χ0n) is 12.0. The predicted molar refractivity (Wildman–Crippen MR) is 73.0 cm³/mol. The van der Waals surface area contributed by atoms with E-state index < -0.39 is 0 Å². The number of nitrogens with one attached hydrogen (secondary N) is 2. The van der Waals surface area contributed by atoms with Crippen LogP contribution in [0.1, 0.15) is 33.1 Å². The Kier molecular flexibility index (Phi) is 5.19. The van der Waals surface area contributed by atoms with Gasteiger partial charge in [-0.25, -0.2) is 0 Å². The predicted octanol–water partition coefficient (Wildman–Crippen LogP) is 0.686. The topological polar surface area (TPSA) is 59.6 Å². The molecule has 0 aromatic carbocycles. The summed E-state index contributed by atoms with van der Waals surface area (Å²) < 4.78 is 10.8. The summed E-state index contributed by atoms with van der Waals surface area (Å²) in [7, 11) is 0. The highest BCUT2D eigenvalue weighted by Gasteiger charge is 2.37. The lowest BCUT2D eigenvalue weighted by molar-refractivity contribution is -0.128. The van der Waals surface area contributed by atoms with Gasteiger partial charge in [0.25, 0.3) is 0 Å². The van der Waals surface area contributed by atoms with Crippen LogP contribution in [0.15, 0.2) is 0 Å². The molecule has 0 radical (unpaired) electrons. The molecule has 2 heterocycles. The summed E-state index contributed by atoms with van der Waals surface area (Å²) in [4.78, 5) is 12.4. The first-order chi connectivity index (χ1) is 9.14. The van der Waals surface area contributed by atoms with Crippen molar-refractivity contribution in [2.75, 3.05) is 33.0 Å². The summed E-state index contributed by atoms with van der Waals surface area (Å²) in [6.07, 6.45) is 2.85. The molecule has 2 aliphatic heterocycles. The minimum atomic E-state index is -0.118. The molecule has 2 rings (SSSR count). The first-order valence-corrected chi connectivity index (χ1v) is 7.35. The molecule has 2 fully saturated rings. The molecule has 5 heteroatoms. The summed E-state index contributed by atoms with van der Waals surface area (Å²) in [6.45, 7) is 7.80. The standard InChI is InChI=1S/C14H26N2O3/c1-3-6-15-12-10-19-9-11(12)13(17)16-14(2)4-7-18-8-5-14/h11-12,15H,3-10H2,1-2H3,(H,16,17). The molecule has 2 N–H and O–H groups in total. The lowest BCUT2D eigenvalue weighted by Gasteiger charge is -2.35. The quantitative estimate of drug-likeness (QED) is 0.771. The minimum Gasteiger partial charge on any atom is -0.381 e. The molecule has 0 saturated carbocycles. The molecule has 0 aliphatic carbocycles. The van der Waals surface area contributed by atoms with Crippen LogP contribution in [0, 0.1) is 5.92 Å². The van der Waals surface area contributed by atoms with Gasteiger partial charge in [0.05, 0.1) is 19.1 Å². The lowest BCUT2D eigenvalue weighted by Crippen LogP contribution is -2.54. The fourth-order valence-electron chi connectivity index (χ4n) is 2.68. The smallest absolute Gasteiger partial charge is 0.227 e. The van der Waals surface area contributed by atoms with Crippen LogP contribution in [0.25, 0.3) is 0 Å². The number of hydrogen-bond donors (Lipinski definition) is 2. The van der Waals surface area contributed by atoms with Gasteiger partial charge < -0.3 is 20.1 Å². The monoisotopic (exact) mass is 270 g/mol. The third kappa shape index (κ3) is 3.91. The van der Waals surface area contributed by atoms with Crippen LogP contribution >= 0.6 is 0 Å². The van der Waals surface area contributed by atoms with Gasteiger partial charge in [-0.1, -0.05) is 6.92 Å². The van der Waals surface area contributed by atoms with Gasteiger partial charge in [0.2, 0.25) is 5.91 Å². The number of rotatable bonds is 5. The van der Waals surface area contributed by atoms with E-state index in [1.807, 2.05) is 0 Å². The van der Waals surface area contributed by atoms with Crippen molar-refractivity contribution in [3.05, 3.63) is 0 Å². The van der Waals surface area contributed by atoms with E-state index in [1.165, 1.54) is 0 Å². The highest BCUT2D eigenvalue weighted by Crippen LogP contribution is 2.22. The molecule has 110 valence electrons. The Morgan fingerprint density at radius 2 is 2.00 bits per heavy atom. The van der Waals surface area contributed by atoms with Gasteiger partial charge in [-0.15, -0.1) is 0 Å². The average molecular weight is 270 g/mol. The molecular weight excluding hydrogens is 244 g/mol. The van der Waals surface area contributed by atoms with Crippen molar-refractivity contribution < 1.29 is 14.3 Å². The third-order valence-corrected chi connectivity index (χ3v) is 4.10. The van der Waals surface area contributed by atoms with Crippen molar-refractivity contribution in [2.24, 2.45) is 5.92 Å². The van der Waals surface area contributed by atoms with Gasteiger partial charge in [0.1, 0.15) is 0 Å². The second-order valence-electron chi connectivity index (χ2n) is 5.87. The molecule has 0 spiro atoms. The van der Waals surface area contributed by atoms with Gasteiger partial charge in [0.15, 0.2) is 0 Å². The Hall–Kier alpha value is -0.650. The van der Waals surface area contributed by atoms with Crippen molar-refractivity contribution in [1.82, 2.24) is 10.6 Å². The summed E-state index contributed by atoms with van der Waals surface area (Å²) >= 11 is 0. The summed E-state index contributed by atoms with van der Waals surface area (Å²) in [5.41, 5.74) is -0.118. The minimum absolute atomic E-state index is 0.0637. The van der Waals surface area contributed by atoms with Gasteiger partial charge in [-0.2, -0.15) is 0 Å². The van der Waals surface area contributed by atoms with Crippen molar-refractivity contribution >= 4 is 5.91 Å². The van der Waals surface area contributed by atoms with Crippen LogP contribution in [0.4, 0.5) is 0 Å². The zero-order valence-corrected chi connectivity index (χ0v) is 12.0. The Labute approximate surface area is 115 Å². The third-order valence-electron chi connectivity index (χ3n) is 4.10. The first kappa shape index (κ1) is 14.8. The fourth-order valence-corrected chi connectivity index (χ4v) is 2.68. The first-order valence-electron chi connectivity index (χ1n) is 7.35. The van der Waals surface area contributed by atoms with Gasteiger partial charge in [0, 0.05) is 24.8 Å². The largest absolute Gasteiger partial charge is 0.381 e. The molecule has 0 aromatic rings. The SMILES string of the molecule is CCCNC1COCC1C(=O)NC1(C)CCOCC1. The van der Waals surface area contributed by atoms with Crippen molar-refractivity contribution in [3.8, 4) is 0 Å². The van der Waals surface area contributed by atoms with Crippen LogP contribution in [0.2, 0.25) is 0 Å². The molecule has 0 bridgehead atoms. The number of carbonyl (C=O) groups is 1. The molecule has 5 nitrogen and oxygen atoms in total. The second-order valence-corrected chi connectivity index (χ2v) is 5.87. The molecule has 2 saturated heterocycles. The number of amides is 1. The molecule has 2 atom stereocenters. The van der Waals surface area contributed by atoms with E-state index in [-0.39, 0.29) is 23.4 Å². The van der Waals surface area contributed by atoms with Crippen molar-refractivity contribution in [1.29, 1.82) is 0 Å². The molecule has 2 aliphatic rings. The van der Waals surface area contributed by atoms with Crippen LogP contribution < -0.4 is 10.6 Å². The van der Waals surface area contributed by atoms with E-state index in [4.69, 9.17) is 9.47 Å². The average Bonchev–Trinajstić information content (AvgIpc) is 2.85. The Morgan fingerprint density at radius 1 is 1.26 bits per heavy atom. The van der Waals surface area contributed by atoms with Crippen LogP contribution in [-0.4, -0.2) is 50.5 Å². The summed E-state index contributed by atoms with van der Waals surface area (Å²) in [5, 5.41) is 6.61. The van der Waals surface area contributed by atoms with Crippen molar-refractivity contribution in [2.45, 2.75) is 44.7 Å². The molecule has 1 amide bonds. The highest BCUT2D eigenvalue weighted by atomic mass is 16.5. The Morgan fingerprint density at radius 3 is 2.68 bits per heavy atom. The number of hydrogen-bond acceptors (Lipinski definition) is 4. The summed E-state index contributed by atoms with van der Waals surface area (Å²) in [6, 6.07) is 0.156. The van der Waals surface area contributed by atoms with Gasteiger partial charge in [-0.05, 0) is 32.7 Å². The number of ether oxygens (including phenoxy) is 2.